The van der Waals surface area contributed by atoms with Gasteiger partial charge in [0.1, 0.15) is 0 Å². The summed E-state index contributed by atoms with van der Waals surface area (Å²) in [6.07, 6.45) is 4.51. The van der Waals surface area contributed by atoms with Crippen LogP contribution in [0.2, 0.25) is 0 Å². The number of nitrogens with zero attached hydrogens (tertiary/aromatic N) is 1. The van der Waals surface area contributed by atoms with Crippen LogP contribution in [-0.4, -0.2) is 57.5 Å². The van der Waals surface area contributed by atoms with Crippen molar-refractivity contribution in [2.75, 3.05) is 44.2 Å². The molecule has 0 aromatic heterocycles. The number of nitrogens with one attached hydrogen (secondary N) is 1. The van der Waals surface area contributed by atoms with Gasteiger partial charge in [0.2, 0.25) is 0 Å². The van der Waals surface area contributed by atoms with E-state index in [1.165, 1.54) is 5.57 Å². The van der Waals surface area contributed by atoms with Crippen molar-refractivity contribution in [1.82, 2.24) is 10.2 Å². The summed E-state index contributed by atoms with van der Waals surface area (Å²) in [6.45, 7) is 4.52. The van der Waals surface area contributed by atoms with Crippen molar-refractivity contribution in [3.8, 4) is 0 Å². The highest BCUT2D eigenvalue weighted by molar-refractivity contribution is 7.91. The van der Waals surface area contributed by atoms with E-state index >= 15 is 0 Å². The van der Waals surface area contributed by atoms with E-state index in [2.05, 4.69) is 16.3 Å². The van der Waals surface area contributed by atoms with Gasteiger partial charge in [-0.15, -0.1) is 0 Å². The van der Waals surface area contributed by atoms with Crippen molar-refractivity contribution >= 4 is 9.84 Å². The summed E-state index contributed by atoms with van der Waals surface area (Å²) in [4.78, 5) is 2.27. The van der Waals surface area contributed by atoms with Crippen LogP contribution in [0.5, 0.6) is 0 Å². The van der Waals surface area contributed by atoms with E-state index in [1.54, 1.807) is 0 Å². The molecular weight excluding hydrogens is 224 g/mol. The molecule has 2 aliphatic rings. The second-order valence-corrected chi connectivity index (χ2v) is 6.86. The summed E-state index contributed by atoms with van der Waals surface area (Å²) in [5, 5.41) is 3.29. The minimum atomic E-state index is -2.73. The first-order valence-corrected chi connectivity index (χ1v) is 7.79. The third kappa shape index (κ3) is 3.57. The second kappa shape index (κ2) is 5.29. The summed E-state index contributed by atoms with van der Waals surface area (Å²) < 4.78 is 22.5. The van der Waals surface area contributed by atoms with Crippen LogP contribution in [0.4, 0.5) is 0 Å². The molecule has 16 heavy (non-hydrogen) atoms. The molecule has 1 fully saturated rings. The van der Waals surface area contributed by atoms with Gasteiger partial charge in [-0.05, 0) is 19.4 Å². The predicted molar refractivity (Wildman–Crippen MR) is 65.3 cm³/mol. The second-order valence-electron chi connectivity index (χ2n) is 4.56. The summed E-state index contributed by atoms with van der Waals surface area (Å²) in [6, 6.07) is 0. The monoisotopic (exact) mass is 244 g/mol. The quantitative estimate of drug-likeness (QED) is 0.712. The summed E-state index contributed by atoms with van der Waals surface area (Å²) in [5.41, 5.74) is 1.52. The summed E-state index contributed by atoms with van der Waals surface area (Å²) in [5.74, 6) is 0.682. The Morgan fingerprint density at radius 1 is 1.31 bits per heavy atom. The van der Waals surface area contributed by atoms with Crippen LogP contribution in [0.3, 0.4) is 0 Å². The van der Waals surface area contributed by atoms with Crippen LogP contribution in [0.1, 0.15) is 12.8 Å². The molecule has 0 radical (unpaired) electrons. The molecule has 0 aliphatic carbocycles. The third-order valence-electron chi connectivity index (χ3n) is 3.34. The molecule has 0 atom stereocenters. The van der Waals surface area contributed by atoms with Crippen molar-refractivity contribution in [3.05, 3.63) is 11.6 Å². The van der Waals surface area contributed by atoms with E-state index in [9.17, 15) is 8.42 Å². The van der Waals surface area contributed by atoms with Gasteiger partial charge in [-0.3, -0.25) is 0 Å². The molecule has 0 aromatic rings. The van der Waals surface area contributed by atoms with Gasteiger partial charge in [0.15, 0.2) is 9.84 Å². The van der Waals surface area contributed by atoms with E-state index in [-0.39, 0.29) is 0 Å². The van der Waals surface area contributed by atoms with Gasteiger partial charge < -0.3 is 10.2 Å². The van der Waals surface area contributed by atoms with E-state index in [1.807, 2.05) is 0 Å². The minimum absolute atomic E-state index is 0.341. The molecule has 0 aromatic carbocycles. The van der Waals surface area contributed by atoms with Crippen LogP contribution < -0.4 is 5.32 Å². The fraction of sp³-hybridized carbons (Fsp3) is 0.818. The SMILES string of the molecule is O=S1(=O)CCN(CCC2=CCNCC2)CC1. The Kier molecular flexibility index (Phi) is 4.00. The van der Waals surface area contributed by atoms with Gasteiger partial charge >= 0.3 is 0 Å². The summed E-state index contributed by atoms with van der Waals surface area (Å²) >= 11 is 0. The predicted octanol–water partition coefficient (Wildman–Crippen LogP) is 0.0266. The molecule has 0 saturated carbocycles. The van der Waals surface area contributed by atoms with Crippen LogP contribution in [-0.2, 0) is 9.84 Å². The average Bonchev–Trinajstić information content (AvgIpc) is 2.29. The first-order valence-electron chi connectivity index (χ1n) is 5.97. The molecule has 4 nitrogen and oxygen atoms in total. The fourth-order valence-corrected chi connectivity index (χ4v) is 3.45. The zero-order valence-corrected chi connectivity index (χ0v) is 10.4. The zero-order chi connectivity index (χ0) is 11.4. The van der Waals surface area contributed by atoms with E-state index in [4.69, 9.17) is 0 Å². The Morgan fingerprint density at radius 3 is 2.69 bits per heavy atom. The first kappa shape index (κ1) is 12.1. The maximum absolute atomic E-state index is 11.3. The van der Waals surface area contributed by atoms with Gasteiger partial charge in [-0.1, -0.05) is 11.6 Å². The van der Waals surface area contributed by atoms with E-state index in [0.29, 0.717) is 24.6 Å². The number of sulfone groups is 1. The Balaban J connectivity index is 1.73. The Labute approximate surface area is 97.6 Å². The maximum Gasteiger partial charge on any atom is 0.152 e. The van der Waals surface area contributed by atoms with Crippen LogP contribution >= 0.6 is 0 Å². The average molecular weight is 244 g/mol. The van der Waals surface area contributed by atoms with E-state index in [0.717, 1.165) is 32.5 Å². The highest BCUT2D eigenvalue weighted by Gasteiger charge is 2.21. The van der Waals surface area contributed by atoms with Crippen molar-refractivity contribution < 1.29 is 8.42 Å². The normalized spacial score (nSPS) is 26.4. The van der Waals surface area contributed by atoms with Crippen LogP contribution in [0, 0.1) is 0 Å². The highest BCUT2D eigenvalue weighted by atomic mass is 32.2. The first-order chi connectivity index (χ1) is 7.66. The lowest BCUT2D eigenvalue weighted by Gasteiger charge is -2.27. The van der Waals surface area contributed by atoms with Crippen LogP contribution in [0.25, 0.3) is 0 Å². The van der Waals surface area contributed by atoms with Crippen LogP contribution in [0.15, 0.2) is 11.6 Å². The largest absolute Gasteiger partial charge is 0.313 e. The van der Waals surface area contributed by atoms with Gasteiger partial charge in [-0.2, -0.15) is 0 Å². The maximum atomic E-state index is 11.3. The minimum Gasteiger partial charge on any atom is -0.313 e. The molecule has 2 aliphatic heterocycles. The van der Waals surface area contributed by atoms with Gasteiger partial charge in [-0.25, -0.2) is 8.42 Å². The lowest BCUT2D eigenvalue weighted by Crippen LogP contribution is -2.40. The lowest BCUT2D eigenvalue weighted by atomic mass is 10.1. The smallest absolute Gasteiger partial charge is 0.152 e. The Bertz CT molecular complexity index is 348. The topological polar surface area (TPSA) is 49.4 Å². The molecule has 92 valence electrons. The molecule has 2 heterocycles. The molecule has 0 bridgehead atoms. The van der Waals surface area contributed by atoms with Crippen molar-refractivity contribution in [2.24, 2.45) is 0 Å². The van der Waals surface area contributed by atoms with Crippen molar-refractivity contribution in [1.29, 1.82) is 0 Å². The number of hydrogen-bond acceptors (Lipinski definition) is 4. The number of hydrogen-bond donors (Lipinski definition) is 1. The molecule has 0 amide bonds. The summed E-state index contributed by atoms with van der Waals surface area (Å²) in [7, 11) is -2.73. The zero-order valence-electron chi connectivity index (χ0n) is 9.61. The molecule has 1 N–H and O–H groups in total. The van der Waals surface area contributed by atoms with Gasteiger partial charge in [0.05, 0.1) is 11.5 Å². The Hall–Kier alpha value is -0.390. The van der Waals surface area contributed by atoms with Crippen molar-refractivity contribution in [2.45, 2.75) is 12.8 Å². The highest BCUT2D eigenvalue weighted by Crippen LogP contribution is 2.12. The van der Waals surface area contributed by atoms with Gasteiger partial charge in [0, 0.05) is 26.2 Å². The molecular formula is C11H20N2O2S. The fourth-order valence-electron chi connectivity index (χ4n) is 2.17. The number of rotatable bonds is 3. The Morgan fingerprint density at radius 2 is 2.06 bits per heavy atom. The van der Waals surface area contributed by atoms with Crippen molar-refractivity contribution in [3.63, 3.8) is 0 Å². The van der Waals surface area contributed by atoms with E-state index < -0.39 is 9.84 Å². The lowest BCUT2D eigenvalue weighted by molar-refractivity contribution is 0.297. The third-order valence-corrected chi connectivity index (χ3v) is 4.95. The molecule has 5 heteroatoms. The standard InChI is InChI=1S/C11H20N2O2S/c14-16(15)9-7-13(8-10-16)6-3-11-1-4-12-5-2-11/h1,12H,2-10H2. The molecule has 0 spiro atoms. The molecule has 1 saturated heterocycles. The van der Waals surface area contributed by atoms with Gasteiger partial charge in [0.25, 0.3) is 0 Å². The molecule has 2 rings (SSSR count). The molecule has 0 unspecified atom stereocenters.